The van der Waals surface area contributed by atoms with Gasteiger partial charge < -0.3 is 10.3 Å². The lowest BCUT2D eigenvalue weighted by Gasteiger charge is -2.34. The molecule has 2 N–H and O–H groups in total. The molecule has 0 radical (unpaired) electrons. The first-order valence-corrected chi connectivity index (χ1v) is 11.0. The molecule has 2 aliphatic carbocycles. The molecule has 158 valence electrons. The van der Waals surface area contributed by atoms with E-state index >= 15 is 0 Å². The molecule has 2 saturated carbocycles. The normalized spacial score (nSPS) is 20.7. The topological polar surface area (TPSA) is 40.7 Å². The Balaban J connectivity index is 1.58. The predicted molar refractivity (Wildman–Crippen MR) is 108 cm³/mol. The molecule has 0 spiro atoms. The van der Waals surface area contributed by atoms with E-state index < -0.39 is 11.7 Å². The van der Waals surface area contributed by atoms with E-state index in [0.717, 1.165) is 11.9 Å². The van der Waals surface area contributed by atoms with Gasteiger partial charge in [0.15, 0.2) is 0 Å². The largest absolute Gasteiger partial charge is 0.416 e. The molecule has 6 heteroatoms. The van der Waals surface area contributed by atoms with Crippen molar-refractivity contribution in [1.82, 2.24) is 15.3 Å². The lowest BCUT2D eigenvalue weighted by molar-refractivity contribution is -0.137. The lowest BCUT2D eigenvalue weighted by atomic mass is 9.82. The van der Waals surface area contributed by atoms with Crippen LogP contribution in [0.3, 0.4) is 0 Å². The van der Waals surface area contributed by atoms with Gasteiger partial charge in [0.05, 0.1) is 23.5 Å². The zero-order valence-electron chi connectivity index (χ0n) is 16.8. The van der Waals surface area contributed by atoms with Crippen molar-refractivity contribution in [3.8, 4) is 11.3 Å². The maximum Gasteiger partial charge on any atom is 0.416 e. The summed E-state index contributed by atoms with van der Waals surface area (Å²) < 4.78 is 39.3. The Kier molecular flexibility index (Phi) is 6.28. The summed E-state index contributed by atoms with van der Waals surface area (Å²) in [7, 11) is 0. The summed E-state index contributed by atoms with van der Waals surface area (Å²) in [5.41, 5.74) is 0.548. The number of aromatic amines is 1. The Morgan fingerprint density at radius 3 is 2.34 bits per heavy atom. The first-order valence-electron chi connectivity index (χ1n) is 11.0. The summed E-state index contributed by atoms with van der Waals surface area (Å²) in [6.45, 7) is 0. The second-order valence-electron chi connectivity index (χ2n) is 8.64. The number of hydrogen-bond donors (Lipinski definition) is 2. The van der Waals surface area contributed by atoms with E-state index in [9.17, 15) is 13.2 Å². The number of hydrogen-bond acceptors (Lipinski definition) is 2. The van der Waals surface area contributed by atoms with Crippen LogP contribution in [0.25, 0.3) is 11.3 Å². The van der Waals surface area contributed by atoms with Crippen LogP contribution in [-0.2, 0) is 6.18 Å². The highest BCUT2D eigenvalue weighted by Crippen LogP contribution is 2.36. The number of alkyl halides is 3. The van der Waals surface area contributed by atoms with Gasteiger partial charge in [0, 0.05) is 11.6 Å². The van der Waals surface area contributed by atoms with Crippen LogP contribution in [0, 0.1) is 5.92 Å². The molecule has 1 unspecified atom stereocenters. The molecule has 0 aliphatic heterocycles. The first-order chi connectivity index (χ1) is 14.0. The van der Waals surface area contributed by atoms with Crippen LogP contribution in [0.15, 0.2) is 30.5 Å². The molecule has 2 aliphatic rings. The summed E-state index contributed by atoms with van der Waals surface area (Å²) in [5.74, 6) is 1.40. The zero-order valence-corrected chi connectivity index (χ0v) is 16.8. The highest BCUT2D eigenvalue weighted by atomic mass is 19.4. The van der Waals surface area contributed by atoms with Gasteiger partial charge in [0.1, 0.15) is 5.82 Å². The molecule has 2 aromatic rings. The number of nitrogens with zero attached hydrogens (tertiary/aromatic N) is 1. The van der Waals surface area contributed by atoms with Gasteiger partial charge in [-0.1, -0.05) is 50.7 Å². The Bertz CT molecular complexity index is 787. The molecule has 2 fully saturated rings. The maximum atomic E-state index is 13.1. The molecular weight excluding hydrogens is 375 g/mol. The third-order valence-electron chi connectivity index (χ3n) is 6.53. The van der Waals surface area contributed by atoms with E-state index in [0.29, 0.717) is 23.2 Å². The molecule has 0 amide bonds. The van der Waals surface area contributed by atoms with Gasteiger partial charge in [-0.15, -0.1) is 0 Å². The second-order valence-corrected chi connectivity index (χ2v) is 8.64. The summed E-state index contributed by atoms with van der Waals surface area (Å²) in [4.78, 5) is 7.98. The van der Waals surface area contributed by atoms with E-state index in [-0.39, 0.29) is 6.04 Å². The minimum absolute atomic E-state index is 0.151. The number of halogens is 3. The van der Waals surface area contributed by atoms with Crippen LogP contribution >= 0.6 is 0 Å². The Labute approximate surface area is 170 Å². The smallest absolute Gasteiger partial charge is 0.341 e. The summed E-state index contributed by atoms with van der Waals surface area (Å²) in [6.07, 6.45) is 9.74. The molecule has 0 saturated heterocycles. The number of benzene rings is 1. The molecule has 1 aromatic carbocycles. The number of imidazole rings is 1. The SMILES string of the molecule is FC(F)(F)c1cccc(-c2cnc(C(NC3CCCCC3)C3CCCCC3)[nH]2)c1. The average molecular weight is 406 g/mol. The van der Waals surface area contributed by atoms with Crippen LogP contribution < -0.4 is 5.32 Å². The van der Waals surface area contributed by atoms with Crippen molar-refractivity contribution in [2.75, 3.05) is 0 Å². The van der Waals surface area contributed by atoms with Gasteiger partial charge in [-0.2, -0.15) is 13.2 Å². The van der Waals surface area contributed by atoms with Gasteiger partial charge in [-0.3, -0.25) is 0 Å². The Morgan fingerprint density at radius 1 is 0.966 bits per heavy atom. The molecule has 3 nitrogen and oxygen atoms in total. The lowest BCUT2D eigenvalue weighted by Crippen LogP contribution is -2.39. The second kappa shape index (κ2) is 8.90. The minimum Gasteiger partial charge on any atom is -0.341 e. The van der Waals surface area contributed by atoms with Crippen LogP contribution in [-0.4, -0.2) is 16.0 Å². The number of rotatable bonds is 5. The fraction of sp³-hybridized carbons (Fsp3) is 0.609. The van der Waals surface area contributed by atoms with E-state index in [1.54, 1.807) is 12.3 Å². The van der Waals surface area contributed by atoms with Crippen molar-refractivity contribution in [3.05, 3.63) is 41.9 Å². The molecule has 0 bridgehead atoms. The van der Waals surface area contributed by atoms with Crippen molar-refractivity contribution in [1.29, 1.82) is 0 Å². The average Bonchev–Trinajstić information content (AvgIpc) is 3.23. The first kappa shape index (κ1) is 20.5. The van der Waals surface area contributed by atoms with E-state index in [2.05, 4.69) is 15.3 Å². The van der Waals surface area contributed by atoms with Gasteiger partial charge in [-0.25, -0.2) is 4.98 Å². The fourth-order valence-corrected chi connectivity index (χ4v) is 4.93. The van der Waals surface area contributed by atoms with Gasteiger partial charge in [-0.05, 0) is 43.7 Å². The van der Waals surface area contributed by atoms with Crippen molar-refractivity contribution in [2.45, 2.75) is 82.5 Å². The zero-order chi connectivity index (χ0) is 20.3. The third-order valence-corrected chi connectivity index (χ3v) is 6.53. The standard InChI is InChI=1S/C23H30F3N3/c24-23(25,26)18-11-7-10-17(14-18)20-15-27-22(29-20)21(16-8-3-1-4-9-16)28-19-12-5-2-6-13-19/h7,10-11,14-16,19,21,28H,1-6,8-9,12-13H2,(H,27,29). The Morgan fingerprint density at radius 2 is 1.66 bits per heavy atom. The number of nitrogens with one attached hydrogen (secondary N) is 2. The molecule has 1 heterocycles. The van der Waals surface area contributed by atoms with Crippen LogP contribution in [0.5, 0.6) is 0 Å². The molecule has 1 aromatic heterocycles. The third kappa shape index (κ3) is 5.03. The van der Waals surface area contributed by atoms with Crippen LogP contribution in [0.1, 0.15) is 81.6 Å². The van der Waals surface area contributed by atoms with E-state index in [1.807, 2.05) is 0 Å². The molecule has 1 atom stereocenters. The predicted octanol–water partition coefficient (Wildman–Crippen LogP) is 6.64. The molecule has 4 rings (SSSR count). The van der Waals surface area contributed by atoms with Crippen molar-refractivity contribution in [2.24, 2.45) is 5.92 Å². The molecule has 29 heavy (non-hydrogen) atoms. The van der Waals surface area contributed by atoms with Crippen molar-refractivity contribution >= 4 is 0 Å². The Hall–Kier alpha value is -1.82. The van der Waals surface area contributed by atoms with Gasteiger partial charge in [0.2, 0.25) is 0 Å². The number of aromatic nitrogens is 2. The van der Waals surface area contributed by atoms with Crippen molar-refractivity contribution in [3.63, 3.8) is 0 Å². The molecular formula is C23H30F3N3. The number of H-pyrrole nitrogens is 1. The maximum absolute atomic E-state index is 13.1. The highest BCUT2D eigenvalue weighted by Gasteiger charge is 2.32. The minimum atomic E-state index is -4.34. The fourth-order valence-electron chi connectivity index (χ4n) is 4.93. The van der Waals surface area contributed by atoms with Crippen molar-refractivity contribution < 1.29 is 13.2 Å². The highest BCUT2D eigenvalue weighted by molar-refractivity contribution is 5.59. The van der Waals surface area contributed by atoms with Crippen LogP contribution in [0.4, 0.5) is 13.2 Å². The summed E-state index contributed by atoms with van der Waals surface area (Å²) >= 11 is 0. The van der Waals surface area contributed by atoms with Crippen LogP contribution in [0.2, 0.25) is 0 Å². The van der Waals surface area contributed by atoms with E-state index in [1.165, 1.54) is 76.3 Å². The van der Waals surface area contributed by atoms with Gasteiger partial charge >= 0.3 is 6.18 Å². The van der Waals surface area contributed by atoms with Gasteiger partial charge in [0.25, 0.3) is 0 Å². The summed E-state index contributed by atoms with van der Waals surface area (Å²) in [6, 6.07) is 6.13. The summed E-state index contributed by atoms with van der Waals surface area (Å²) in [5, 5.41) is 3.87. The monoisotopic (exact) mass is 405 g/mol. The quantitative estimate of drug-likeness (QED) is 0.585. The van der Waals surface area contributed by atoms with E-state index in [4.69, 9.17) is 0 Å².